The second kappa shape index (κ2) is 9.35. The van der Waals surface area contributed by atoms with E-state index in [1.165, 1.54) is 0 Å². The van der Waals surface area contributed by atoms with Crippen molar-refractivity contribution in [2.24, 2.45) is 5.73 Å². The molecule has 0 amide bonds. The van der Waals surface area contributed by atoms with Gasteiger partial charge in [0.15, 0.2) is 5.78 Å². The first-order valence-electron chi connectivity index (χ1n) is 10.4. The van der Waals surface area contributed by atoms with Gasteiger partial charge in [-0.1, -0.05) is 91.0 Å². The number of allylic oxidation sites excluding steroid dienone is 1. The fourth-order valence-corrected chi connectivity index (χ4v) is 3.83. The van der Waals surface area contributed by atoms with E-state index in [0.29, 0.717) is 22.5 Å². The lowest BCUT2D eigenvalue weighted by atomic mass is 9.78. The molecule has 0 fully saturated rings. The largest absolute Gasteiger partial charge is 0.462 e. The molecule has 0 radical (unpaired) electrons. The summed E-state index contributed by atoms with van der Waals surface area (Å²) in [6.45, 7) is 1.89. The van der Waals surface area contributed by atoms with Gasteiger partial charge in [-0.2, -0.15) is 0 Å². The SMILES string of the molecule is CCOC(=O)C1=C(N)OC(c2ccccc2)=C(C(=O)c2ccccc2)C1c1ccccc1. The molecule has 3 aromatic rings. The molecule has 5 heteroatoms. The molecule has 1 heterocycles. The Kier molecular flexibility index (Phi) is 6.17. The lowest BCUT2D eigenvalue weighted by molar-refractivity contribution is -0.139. The van der Waals surface area contributed by atoms with Crippen LogP contribution in [0.3, 0.4) is 0 Å². The van der Waals surface area contributed by atoms with Gasteiger partial charge in [-0.25, -0.2) is 4.79 Å². The Labute approximate surface area is 186 Å². The van der Waals surface area contributed by atoms with Crippen molar-refractivity contribution in [3.63, 3.8) is 0 Å². The fourth-order valence-electron chi connectivity index (χ4n) is 3.83. The predicted molar refractivity (Wildman–Crippen MR) is 122 cm³/mol. The van der Waals surface area contributed by atoms with Crippen LogP contribution in [0.1, 0.15) is 34.3 Å². The Morgan fingerprint density at radius 2 is 1.41 bits per heavy atom. The third-order valence-corrected chi connectivity index (χ3v) is 5.24. The van der Waals surface area contributed by atoms with Gasteiger partial charge in [0, 0.05) is 11.1 Å². The van der Waals surface area contributed by atoms with Crippen LogP contribution >= 0.6 is 0 Å². The maximum Gasteiger partial charge on any atom is 0.340 e. The van der Waals surface area contributed by atoms with E-state index in [1.807, 2.05) is 66.7 Å². The number of carbonyl (C=O) groups excluding carboxylic acids is 2. The van der Waals surface area contributed by atoms with E-state index in [2.05, 4.69) is 0 Å². The molecule has 0 saturated heterocycles. The van der Waals surface area contributed by atoms with Crippen molar-refractivity contribution in [2.45, 2.75) is 12.8 Å². The predicted octanol–water partition coefficient (Wildman–Crippen LogP) is 4.83. The van der Waals surface area contributed by atoms with Crippen molar-refractivity contribution in [3.05, 3.63) is 125 Å². The molecule has 0 aromatic heterocycles. The molecular weight excluding hydrogens is 402 g/mol. The van der Waals surface area contributed by atoms with Crippen molar-refractivity contribution >= 4 is 17.5 Å². The van der Waals surface area contributed by atoms with Crippen LogP contribution in [-0.4, -0.2) is 18.4 Å². The summed E-state index contributed by atoms with van der Waals surface area (Å²) in [5.41, 5.74) is 8.67. The second-order valence-corrected chi connectivity index (χ2v) is 7.25. The summed E-state index contributed by atoms with van der Waals surface area (Å²) < 4.78 is 11.3. The van der Waals surface area contributed by atoms with Gasteiger partial charge in [-0.3, -0.25) is 4.79 Å². The number of carbonyl (C=O) groups is 2. The van der Waals surface area contributed by atoms with Crippen molar-refractivity contribution < 1.29 is 19.1 Å². The van der Waals surface area contributed by atoms with Crippen molar-refractivity contribution in [3.8, 4) is 0 Å². The van der Waals surface area contributed by atoms with Crippen LogP contribution in [0.25, 0.3) is 5.76 Å². The molecule has 5 nitrogen and oxygen atoms in total. The van der Waals surface area contributed by atoms with E-state index in [4.69, 9.17) is 15.2 Å². The fraction of sp³-hybridized carbons (Fsp3) is 0.111. The van der Waals surface area contributed by atoms with Crippen LogP contribution in [0.4, 0.5) is 0 Å². The van der Waals surface area contributed by atoms with Crippen molar-refractivity contribution in [1.29, 1.82) is 0 Å². The molecule has 3 aromatic carbocycles. The number of esters is 1. The second-order valence-electron chi connectivity index (χ2n) is 7.25. The molecule has 160 valence electrons. The number of ketones is 1. The Morgan fingerprint density at radius 3 is 2.00 bits per heavy atom. The van der Waals surface area contributed by atoms with Gasteiger partial charge in [0.2, 0.25) is 5.88 Å². The molecule has 1 aliphatic rings. The molecule has 0 saturated carbocycles. The topological polar surface area (TPSA) is 78.6 Å². The van der Waals surface area contributed by atoms with E-state index in [-0.39, 0.29) is 23.8 Å². The molecule has 1 unspecified atom stereocenters. The Balaban J connectivity index is 1.99. The average molecular weight is 425 g/mol. The van der Waals surface area contributed by atoms with E-state index in [1.54, 1.807) is 31.2 Å². The van der Waals surface area contributed by atoms with E-state index >= 15 is 0 Å². The first-order valence-corrected chi connectivity index (χ1v) is 10.4. The van der Waals surface area contributed by atoms with Crippen LogP contribution in [0, 0.1) is 0 Å². The molecule has 0 bridgehead atoms. The van der Waals surface area contributed by atoms with Crippen molar-refractivity contribution in [1.82, 2.24) is 0 Å². The van der Waals surface area contributed by atoms with Crippen LogP contribution in [-0.2, 0) is 14.3 Å². The van der Waals surface area contributed by atoms with Gasteiger partial charge < -0.3 is 15.2 Å². The van der Waals surface area contributed by atoms with Crippen LogP contribution in [0.2, 0.25) is 0 Å². The number of hydrogen-bond donors (Lipinski definition) is 1. The summed E-state index contributed by atoms with van der Waals surface area (Å²) in [5, 5.41) is 0. The number of rotatable bonds is 6. The Morgan fingerprint density at radius 1 is 0.844 bits per heavy atom. The number of hydrogen-bond acceptors (Lipinski definition) is 5. The normalized spacial score (nSPS) is 15.8. The summed E-state index contributed by atoms with van der Waals surface area (Å²) >= 11 is 0. The van der Waals surface area contributed by atoms with Gasteiger partial charge in [0.1, 0.15) is 11.3 Å². The number of ether oxygens (including phenoxy) is 2. The first-order chi connectivity index (χ1) is 15.6. The third-order valence-electron chi connectivity index (χ3n) is 5.24. The maximum absolute atomic E-state index is 13.8. The van der Waals surface area contributed by atoms with Gasteiger partial charge in [-0.15, -0.1) is 0 Å². The highest BCUT2D eigenvalue weighted by molar-refractivity contribution is 6.15. The van der Waals surface area contributed by atoms with E-state index in [9.17, 15) is 9.59 Å². The summed E-state index contributed by atoms with van der Waals surface area (Å²) in [5.74, 6) is -1.33. The molecule has 0 aliphatic carbocycles. The van der Waals surface area contributed by atoms with Gasteiger partial charge in [0.05, 0.1) is 18.1 Å². The molecule has 4 rings (SSSR count). The molecule has 2 N–H and O–H groups in total. The van der Waals surface area contributed by atoms with Gasteiger partial charge in [-0.05, 0) is 12.5 Å². The minimum absolute atomic E-state index is 0.0687. The standard InChI is InChI=1S/C27H23NO4/c1-2-31-27(30)23-21(18-12-6-3-7-13-18)22(24(29)19-14-8-4-9-15-19)25(32-26(23)28)20-16-10-5-11-17-20/h3-17,21H,2,28H2,1H3. The van der Waals surface area contributed by atoms with Crippen molar-refractivity contribution in [2.75, 3.05) is 6.61 Å². The van der Waals surface area contributed by atoms with Gasteiger partial charge >= 0.3 is 5.97 Å². The molecular formula is C27H23NO4. The van der Waals surface area contributed by atoms with Crippen LogP contribution < -0.4 is 5.73 Å². The zero-order valence-corrected chi connectivity index (χ0v) is 17.7. The van der Waals surface area contributed by atoms with E-state index < -0.39 is 11.9 Å². The quantitative estimate of drug-likeness (QED) is 0.452. The summed E-state index contributed by atoms with van der Waals surface area (Å²) in [7, 11) is 0. The van der Waals surface area contributed by atoms with Crippen LogP contribution in [0.5, 0.6) is 0 Å². The lowest BCUT2D eigenvalue weighted by Gasteiger charge is -2.30. The highest BCUT2D eigenvalue weighted by Gasteiger charge is 2.40. The molecule has 1 atom stereocenters. The van der Waals surface area contributed by atoms with Gasteiger partial charge in [0.25, 0.3) is 0 Å². The van der Waals surface area contributed by atoms with E-state index in [0.717, 1.165) is 5.56 Å². The Hall–Kier alpha value is -4.12. The highest BCUT2D eigenvalue weighted by Crippen LogP contribution is 2.44. The van der Waals surface area contributed by atoms with Crippen LogP contribution in [0.15, 0.2) is 108 Å². The summed E-state index contributed by atoms with van der Waals surface area (Å²) in [6.07, 6.45) is 0. The molecule has 32 heavy (non-hydrogen) atoms. The monoisotopic (exact) mass is 425 g/mol. The lowest BCUT2D eigenvalue weighted by Crippen LogP contribution is -2.29. The minimum Gasteiger partial charge on any atom is -0.462 e. The summed E-state index contributed by atoms with van der Waals surface area (Å²) in [4.78, 5) is 26.8. The zero-order valence-electron chi connectivity index (χ0n) is 17.7. The molecule has 0 spiro atoms. The smallest absolute Gasteiger partial charge is 0.340 e. The number of nitrogens with two attached hydrogens (primary N) is 1. The summed E-state index contributed by atoms with van der Waals surface area (Å²) in [6, 6.07) is 27.5. The third kappa shape index (κ3) is 4.05. The highest BCUT2D eigenvalue weighted by atomic mass is 16.5. The maximum atomic E-state index is 13.8. The average Bonchev–Trinajstić information content (AvgIpc) is 2.84. The number of Topliss-reactive ketones (excluding diaryl/α,β-unsaturated/α-hetero) is 1. The first kappa shape index (κ1) is 21.1. The molecule has 1 aliphatic heterocycles. The Bertz CT molecular complexity index is 1180. The zero-order chi connectivity index (χ0) is 22.5. The minimum atomic E-state index is -0.744. The number of benzene rings is 3.